The molecule has 6 rings (SSSR count). The zero-order chi connectivity index (χ0) is 19.4. The fraction of sp³-hybridized carbons (Fsp3) is 0.143. The summed E-state index contributed by atoms with van der Waals surface area (Å²) in [5.41, 5.74) is 11.2. The highest BCUT2D eigenvalue weighted by molar-refractivity contribution is 6.09. The van der Waals surface area contributed by atoms with Gasteiger partial charge >= 0.3 is 0 Å². The lowest BCUT2D eigenvalue weighted by molar-refractivity contribution is 0.862. The van der Waals surface area contributed by atoms with Gasteiger partial charge in [0.15, 0.2) is 0 Å². The van der Waals surface area contributed by atoms with Crippen LogP contribution in [0.2, 0.25) is 0 Å². The third-order valence-electron chi connectivity index (χ3n) is 6.46. The summed E-state index contributed by atoms with van der Waals surface area (Å²) >= 11 is 0. The van der Waals surface area contributed by atoms with Crippen LogP contribution in [0.4, 0.5) is 0 Å². The van der Waals surface area contributed by atoms with Crippen LogP contribution in [0.1, 0.15) is 29.2 Å². The molecule has 1 aliphatic rings. The van der Waals surface area contributed by atoms with Gasteiger partial charge in [-0.25, -0.2) is 0 Å². The Balaban J connectivity index is 1.54. The van der Waals surface area contributed by atoms with Gasteiger partial charge in [0.25, 0.3) is 0 Å². The number of rotatable bonds is 3. The van der Waals surface area contributed by atoms with Crippen LogP contribution in [0.3, 0.4) is 0 Å². The summed E-state index contributed by atoms with van der Waals surface area (Å²) in [5, 5.41) is 2.72. The Bertz CT molecular complexity index is 1390. The minimum atomic E-state index is 0.899. The third-order valence-corrected chi connectivity index (χ3v) is 6.46. The summed E-state index contributed by atoms with van der Waals surface area (Å²) in [6.45, 7) is 3.15. The summed E-state index contributed by atoms with van der Waals surface area (Å²) < 4.78 is 2.52. The van der Waals surface area contributed by atoms with Crippen LogP contribution in [-0.2, 0) is 19.4 Å². The molecule has 0 aliphatic heterocycles. The van der Waals surface area contributed by atoms with Crippen molar-refractivity contribution in [2.75, 3.05) is 0 Å². The SMILES string of the molecule is CCc1cccc2c3ccccc3n(Cc3ccc4c(c3)-c3ccccc3C4)c12. The van der Waals surface area contributed by atoms with E-state index >= 15 is 0 Å². The van der Waals surface area contributed by atoms with E-state index in [-0.39, 0.29) is 0 Å². The second-order valence-electron chi connectivity index (χ2n) is 8.10. The van der Waals surface area contributed by atoms with Crippen LogP contribution in [0, 0.1) is 0 Å². The molecule has 0 saturated carbocycles. The number of fused-ring (bicyclic) bond motifs is 6. The number of hydrogen-bond donors (Lipinski definition) is 0. The Labute approximate surface area is 171 Å². The fourth-order valence-electron chi connectivity index (χ4n) is 5.09. The summed E-state index contributed by atoms with van der Waals surface area (Å²) in [6, 6.07) is 31.5. The van der Waals surface area contributed by atoms with E-state index in [0.717, 1.165) is 19.4 Å². The van der Waals surface area contributed by atoms with Gasteiger partial charge < -0.3 is 4.57 Å². The molecule has 4 aromatic carbocycles. The minimum Gasteiger partial charge on any atom is -0.336 e. The molecule has 0 spiro atoms. The van der Waals surface area contributed by atoms with Crippen molar-refractivity contribution in [1.82, 2.24) is 4.57 Å². The minimum absolute atomic E-state index is 0.899. The van der Waals surface area contributed by atoms with E-state index in [9.17, 15) is 0 Å². The van der Waals surface area contributed by atoms with Gasteiger partial charge in [-0.05, 0) is 58.4 Å². The van der Waals surface area contributed by atoms with Crippen molar-refractivity contribution in [1.29, 1.82) is 0 Å². The zero-order valence-electron chi connectivity index (χ0n) is 16.7. The Morgan fingerprint density at radius 2 is 1.52 bits per heavy atom. The molecule has 0 fully saturated rings. The standard InChI is InChI=1S/C28H23N/c1-2-20-9-7-12-25-24-11-5-6-13-27(24)29(28(20)25)18-19-14-15-22-17-21-8-3-4-10-23(21)26(22)16-19/h3-16H,2,17-18H2,1H3. The summed E-state index contributed by atoms with van der Waals surface area (Å²) in [4.78, 5) is 0. The summed E-state index contributed by atoms with van der Waals surface area (Å²) in [6.07, 6.45) is 2.10. The first kappa shape index (κ1) is 16.6. The Morgan fingerprint density at radius 3 is 2.45 bits per heavy atom. The van der Waals surface area contributed by atoms with E-state index in [1.165, 1.54) is 55.2 Å². The monoisotopic (exact) mass is 373 g/mol. The van der Waals surface area contributed by atoms with Gasteiger partial charge in [0.2, 0.25) is 0 Å². The molecule has 0 N–H and O–H groups in total. The molecular formula is C28H23N. The highest BCUT2D eigenvalue weighted by Crippen LogP contribution is 2.38. The molecule has 1 heterocycles. The third kappa shape index (κ3) is 2.47. The van der Waals surface area contributed by atoms with E-state index in [1.807, 2.05) is 0 Å². The van der Waals surface area contributed by atoms with Crippen molar-refractivity contribution in [3.63, 3.8) is 0 Å². The maximum atomic E-state index is 2.52. The molecule has 0 atom stereocenters. The predicted molar refractivity (Wildman–Crippen MR) is 123 cm³/mol. The molecule has 0 bridgehead atoms. The van der Waals surface area contributed by atoms with E-state index in [2.05, 4.69) is 96.4 Å². The van der Waals surface area contributed by atoms with Crippen molar-refractivity contribution in [2.45, 2.75) is 26.3 Å². The van der Waals surface area contributed by atoms with Crippen molar-refractivity contribution in [3.05, 3.63) is 107 Å². The van der Waals surface area contributed by atoms with Crippen LogP contribution in [0.5, 0.6) is 0 Å². The number of benzene rings is 4. The molecule has 1 heteroatoms. The number of nitrogens with zero attached hydrogens (tertiary/aromatic N) is 1. The molecule has 0 radical (unpaired) electrons. The number of aryl methyl sites for hydroxylation is 1. The number of hydrogen-bond acceptors (Lipinski definition) is 0. The average molecular weight is 373 g/mol. The molecule has 1 aromatic heterocycles. The zero-order valence-corrected chi connectivity index (χ0v) is 16.7. The van der Waals surface area contributed by atoms with E-state index in [0.29, 0.717) is 0 Å². The van der Waals surface area contributed by atoms with Crippen LogP contribution >= 0.6 is 0 Å². The predicted octanol–water partition coefficient (Wildman–Crippen LogP) is 6.98. The van der Waals surface area contributed by atoms with Gasteiger partial charge in [0.05, 0.1) is 5.52 Å². The smallest absolute Gasteiger partial charge is 0.0526 e. The van der Waals surface area contributed by atoms with Gasteiger partial charge in [-0.2, -0.15) is 0 Å². The largest absolute Gasteiger partial charge is 0.336 e. The molecule has 1 aliphatic carbocycles. The van der Waals surface area contributed by atoms with E-state index < -0.39 is 0 Å². The van der Waals surface area contributed by atoms with E-state index in [1.54, 1.807) is 0 Å². The molecular weight excluding hydrogens is 350 g/mol. The lowest BCUT2D eigenvalue weighted by atomic mass is 10.0. The van der Waals surface area contributed by atoms with Gasteiger partial charge in [0, 0.05) is 22.8 Å². The second kappa shape index (κ2) is 6.35. The molecule has 5 aromatic rings. The first-order valence-electron chi connectivity index (χ1n) is 10.5. The fourth-order valence-corrected chi connectivity index (χ4v) is 5.09. The van der Waals surface area contributed by atoms with Crippen molar-refractivity contribution in [2.24, 2.45) is 0 Å². The molecule has 1 nitrogen and oxygen atoms in total. The lowest BCUT2D eigenvalue weighted by Gasteiger charge is -2.12. The average Bonchev–Trinajstić information content (AvgIpc) is 3.30. The van der Waals surface area contributed by atoms with Crippen molar-refractivity contribution >= 4 is 21.8 Å². The highest BCUT2D eigenvalue weighted by Gasteiger charge is 2.19. The van der Waals surface area contributed by atoms with Crippen LogP contribution in [-0.4, -0.2) is 4.57 Å². The molecule has 0 saturated heterocycles. The van der Waals surface area contributed by atoms with Crippen LogP contribution in [0.25, 0.3) is 32.9 Å². The Kier molecular flexibility index (Phi) is 3.64. The van der Waals surface area contributed by atoms with Crippen molar-refractivity contribution in [3.8, 4) is 11.1 Å². The van der Waals surface area contributed by atoms with Gasteiger partial charge in [0.1, 0.15) is 0 Å². The molecule has 29 heavy (non-hydrogen) atoms. The normalized spacial score (nSPS) is 12.4. The topological polar surface area (TPSA) is 4.93 Å². The van der Waals surface area contributed by atoms with Gasteiger partial charge in [-0.15, -0.1) is 0 Å². The van der Waals surface area contributed by atoms with E-state index in [4.69, 9.17) is 0 Å². The number of para-hydroxylation sites is 2. The van der Waals surface area contributed by atoms with Crippen molar-refractivity contribution < 1.29 is 0 Å². The Morgan fingerprint density at radius 1 is 0.724 bits per heavy atom. The maximum Gasteiger partial charge on any atom is 0.0526 e. The number of aromatic nitrogens is 1. The molecule has 0 unspecified atom stereocenters. The maximum absolute atomic E-state index is 2.52. The molecule has 140 valence electrons. The van der Waals surface area contributed by atoms with Gasteiger partial charge in [-0.1, -0.05) is 79.7 Å². The van der Waals surface area contributed by atoms with Crippen LogP contribution < -0.4 is 0 Å². The molecule has 0 amide bonds. The summed E-state index contributed by atoms with van der Waals surface area (Å²) in [5.74, 6) is 0. The first-order chi connectivity index (χ1) is 14.3. The second-order valence-corrected chi connectivity index (χ2v) is 8.10. The Hall–Kier alpha value is -3.32. The first-order valence-corrected chi connectivity index (χ1v) is 10.5. The lowest BCUT2D eigenvalue weighted by Crippen LogP contribution is -2.01. The quantitative estimate of drug-likeness (QED) is 0.315. The highest BCUT2D eigenvalue weighted by atomic mass is 15.0. The summed E-state index contributed by atoms with van der Waals surface area (Å²) in [7, 11) is 0. The van der Waals surface area contributed by atoms with Crippen LogP contribution in [0.15, 0.2) is 84.9 Å². The van der Waals surface area contributed by atoms with Gasteiger partial charge in [-0.3, -0.25) is 0 Å².